The molecule has 0 unspecified atom stereocenters. The molecule has 0 bridgehead atoms. The molecule has 170 valence electrons. The highest BCUT2D eigenvalue weighted by Gasteiger charge is 2.26. The van der Waals surface area contributed by atoms with E-state index in [1.54, 1.807) is 10.6 Å². The molecule has 2 heterocycles. The van der Waals surface area contributed by atoms with Crippen molar-refractivity contribution < 1.29 is 22.9 Å². The van der Waals surface area contributed by atoms with Crippen LogP contribution in [0.1, 0.15) is 10.4 Å². The predicted octanol–water partition coefficient (Wildman–Crippen LogP) is 2.01. The lowest BCUT2D eigenvalue weighted by molar-refractivity contribution is -0.384. The number of carbonyl (C=O) groups excluding carboxylic acids is 1. The molecule has 4 rings (SSSR count). The highest BCUT2D eigenvalue weighted by atomic mass is 32.2. The van der Waals surface area contributed by atoms with Gasteiger partial charge >= 0.3 is 0 Å². The number of aromatic nitrogens is 1. The molecule has 1 amide bonds. The van der Waals surface area contributed by atoms with Gasteiger partial charge in [0.05, 0.1) is 39.8 Å². The van der Waals surface area contributed by atoms with Crippen LogP contribution in [0, 0.1) is 22.5 Å². The number of non-ortho nitro benzene ring substituents is 1. The summed E-state index contributed by atoms with van der Waals surface area (Å²) in [5.74, 6) is 1.91. The maximum absolute atomic E-state index is 12.8. The number of hydrogen-bond acceptors (Lipinski definition) is 7. The molecule has 1 saturated heterocycles. The largest absolute Gasteiger partial charge is 0.379 e. The zero-order valence-corrected chi connectivity index (χ0v) is 18.8. The van der Waals surface area contributed by atoms with Gasteiger partial charge in [-0.15, -0.1) is 6.42 Å². The molecule has 0 N–H and O–H groups in total. The summed E-state index contributed by atoms with van der Waals surface area (Å²) >= 11 is 1.11. The number of amides is 1. The standard InChI is InChI=1S/C21H18N4O6S2/c1-2-9-24-18-8-5-16(25(27)28)14-19(18)32-21(24)22-20(26)15-3-6-17(7-4-15)33(29,30)23-10-12-31-13-11-23/h1,3-8,14H,9-13H2. The zero-order chi connectivity index (χ0) is 23.6. The second-order valence-electron chi connectivity index (χ2n) is 7.04. The first-order chi connectivity index (χ1) is 15.8. The highest BCUT2D eigenvalue weighted by molar-refractivity contribution is 7.89. The Bertz CT molecular complexity index is 1440. The second kappa shape index (κ2) is 9.24. The van der Waals surface area contributed by atoms with Crippen LogP contribution < -0.4 is 4.80 Å². The van der Waals surface area contributed by atoms with E-state index in [2.05, 4.69) is 10.9 Å². The van der Waals surface area contributed by atoms with Gasteiger partial charge in [-0.25, -0.2) is 8.42 Å². The molecule has 0 spiro atoms. The molecule has 0 saturated carbocycles. The SMILES string of the molecule is C#CCn1c(=NC(=O)c2ccc(S(=O)(=O)N3CCOCC3)cc2)sc2cc([N+](=O)[O-])ccc21. The molecule has 0 atom stereocenters. The second-order valence-corrected chi connectivity index (χ2v) is 9.99. The number of thiazole rings is 1. The topological polar surface area (TPSA) is 124 Å². The molecule has 0 aliphatic carbocycles. The third-order valence-electron chi connectivity index (χ3n) is 5.03. The van der Waals surface area contributed by atoms with E-state index in [-0.39, 0.29) is 35.8 Å². The Morgan fingerprint density at radius 3 is 2.55 bits per heavy atom. The quantitative estimate of drug-likeness (QED) is 0.309. The van der Waals surface area contributed by atoms with Gasteiger partial charge in [-0.3, -0.25) is 14.9 Å². The van der Waals surface area contributed by atoms with E-state index in [1.165, 1.54) is 40.7 Å². The van der Waals surface area contributed by atoms with E-state index in [4.69, 9.17) is 11.2 Å². The lowest BCUT2D eigenvalue weighted by Gasteiger charge is -2.26. The monoisotopic (exact) mass is 486 g/mol. The summed E-state index contributed by atoms with van der Waals surface area (Å²) < 4.78 is 34.2. The van der Waals surface area contributed by atoms with Crippen molar-refractivity contribution in [2.24, 2.45) is 4.99 Å². The average Bonchev–Trinajstić information content (AvgIpc) is 3.16. The van der Waals surface area contributed by atoms with Crippen molar-refractivity contribution >= 4 is 43.2 Å². The Labute approximate surface area is 192 Å². The third-order valence-corrected chi connectivity index (χ3v) is 7.99. The Balaban J connectivity index is 1.67. The van der Waals surface area contributed by atoms with Crippen molar-refractivity contribution in [3.63, 3.8) is 0 Å². The number of rotatable bonds is 5. The molecule has 1 aromatic heterocycles. The summed E-state index contributed by atoms with van der Waals surface area (Å²) in [5, 5.41) is 11.1. The van der Waals surface area contributed by atoms with Crippen molar-refractivity contribution in [3.8, 4) is 12.3 Å². The number of morpholine rings is 1. The van der Waals surface area contributed by atoms with Crippen molar-refractivity contribution in [1.82, 2.24) is 8.87 Å². The number of terminal acetylenes is 1. The number of ether oxygens (including phenoxy) is 1. The van der Waals surface area contributed by atoms with Gasteiger partial charge in [0.1, 0.15) is 0 Å². The van der Waals surface area contributed by atoms with E-state index in [0.29, 0.717) is 28.2 Å². The van der Waals surface area contributed by atoms with Gasteiger partial charge in [-0.2, -0.15) is 9.30 Å². The number of fused-ring (bicyclic) bond motifs is 1. The van der Waals surface area contributed by atoms with Gasteiger partial charge in [0.2, 0.25) is 10.0 Å². The average molecular weight is 487 g/mol. The fourth-order valence-corrected chi connectivity index (χ4v) is 5.83. The summed E-state index contributed by atoms with van der Waals surface area (Å²) in [7, 11) is -3.67. The first-order valence-electron chi connectivity index (χ1n) is 9.79. The molecule has 10 nitrogen and oxygen atoms in total. The summed E-state index contributed by atoms with van der Waals surface area (Å²) in [4.78, 5) is 27.9. The van der Waals surface area contributed by atoms with Crippen LogP contribution in [0.4, 0.5) is 5.69 Å². The Hall–Kier alpha value is -3.37. The Morgan fingerprint density at radius 1 is 1.21 bits per heavy atom. The number of nitro benzene ring substituents is 1. The summed E-state index contributed by atoms with van der Waals surface area (Å²) in [5.41, 5.74) is 0.750. The van der Waals surface area contributed by atoms with Crippen LogP contribution >= 0.6 is 11.3 Å². The van der Waals surface area contributed by atoms with Crippen LogP contribution in [-0.4, -0.2) is 54.4 Å². The van der Waals surface area contributed by atoms with Crippen LogP contribution in [0.3, 0.4) is 0 Å². The Morgan fingerprint density at radius 2 is 1.91 bits per heavy atom. The van der Waals surface area contributed by atoms with E-state index < -0.39 is 20.9 Å². The fourth-order valence-electron chi connectivity index (χ4n) is 3.36. The maximum atomic E-state index is 12.8. The molecule has 1 aliphatic heterocycles. The summed E-state index contributed by atoms with van der Waals surface area (Å²) in [6.07, 6.45) is 5.45. The Kier molecular flexibility index (Phi) is 6.39. The van der Waals surface area contributed by atoms with E-state index >= 15 is 0 Å². The van der Waals surface area contributed by atoms with Crippen molar-refractivity contribution in [2.75, 3.05) is 26.3 Å². The lowest BCUT2D eigenvalue weighted by Crippen LogP contribution is -2.40. The number of nitrogens with zero attached hydrogens (tertiary/aromatic N) is 4. The molecule has 2 aromatic carbocycles. The van der Waals surface area contributed by atoms with Crippen LogP contribution in [0.15, 0.2) is 52.4 Å². The van der Waals surface area contributed by atoms with Crippen molar-refractivity contribution in [1.29, 1.82) is 0 Å². The lowest BCUT2D eigenvalue weighted by atomic mass is 10.2. The van der Waals surface area contributed by atoms with E-state index in [9.17, 15) is 23.3 Å². The predicted molar refractivity (Wildman–Crippen MR) is 121 cm³/mol. The number of carbonyl (C=O) groups is 1. The molecule has 33 heavy (non-hydrogen) atoms. The normalized spacial score (nSPS) is 15.4. The molecular weight excluding hydrogens is 468 g/mol. The zero-order valence-electron chi connectivity index (χ0n) is 17.2. The maximum Gasteiger partial charge on any atom is 0.279 e. The number of hydrogen-bond donors (Lipinski definition) is 0. The van der Waals surface area contributed by atoms with Gasteiger partial charge in [-0.1, -0.05) is 17.3 Å². The molecule has 3 aromatic rings. The van der Waals surface area contributed by atoms with Crippen LogP contribution in [0.5, 0.6) is 0 Å². The van der Waals surface area contributed by atoms with E-state index in [1.807, 2.05) is 0 Å². The van der Waals surface area contributed by atoms with Crippen LogP contribution in [0.25, 0.3) is 10.2 Å². The van der Waals surface area contributed by atoms with E-state index in [0.717, 1.165) is 11.3 Å². The van der Waals surface area contributed by atoms with Crippen LogP contribution in [-0.2, 0) is 21.3 Å². The summed E-state index contributed by atoms with van der Waals surface area (Å²) in [6.45, 7) is 1.35. The van der Waals surface area contributed by atoms with Gasteiger partial charge < -0.3 is 9.30 Å². The van der Waals surface area contributed by atoms with Gasteiger partial charge in [-0.05, 0) is 30.3 Å². The first kappa shape index (κ1) is 22.8. The van der Waals surface area contributed by atoms with Gasteiger partial charge in [0, 0.05) is 30.8 Å². The van der Waals surface area contributed by atoms with Crippen LogP contribution in [0.2, 0.25) is 0 Å². The summed E-state index contributed by atoms with van der Waals surface area (Å²) in [6, 6.07) is 9.89. The van der Waals surface area contributed by atoms with Crippen molar-refractivity contribution in [2.45, 2.75) is 11.4 Å². The third kappa shape index (κ3) is 4.57. The van der Waals surface area contributed by atoms with Gasteiger partial charge in [0.15, 0.2) is 4.80 Å². The number of benzene rings is 2. The number of nitro groups is 1. The minimum Gasteiger partial charge on any atom is -0.379 e. The molecule has 1 aliphatic rings. The fraction of sp³-hybridized carbons (Fsp3) is 0.238. The number of sulfonamides is 1. The molecular formula is C21H18N4O6S2. The van der Waals surface area contributed by atoms with Gasteiger partial charge in [0.25, 0.3) is 11.6 Å². The molecule has 0 radical (unpaired) electrons. The first-order valence-corrected chi connectivity index (χ1v) is 12.0. The minimum atomic E-state index is -3.67. The highest BCUT2D eigenvalue weighted by Crippen LogP contribution is 2.23. The molecule has 12 heteroatoms. The smallest absolute Gasteiger partial charge is 0.279 e. The molecule has 1 fully saturated rings. The minimum absolute atomic E-state index is 0.0773. The van der Waals surface area contributed by atoms with Crippen molar-refractivity contribution in [3.05, 3.63) is 62.9 Å².